The zero-order chi connectivity index (χ0) is 7.66. The van der Waals surface area contributed by atoms with E-state index >= 15 is 0 Å². The molecule has 0 atom stereocenters. The number of allylic oxidation sites excluding steroid dienone is 2. The van der Waals surface area contributed by atoms with Gasteiger partial charge in [0.15, 0.2) is 0 Å². The minimum Gasteiger partial charge on any atom is -0.373 e. The second kappa shape index (κ2) is 8.44. The highest BCUT2D eigenvalue weighted by Crippen LogP contribution is 1.82. The lowest BCUT2D eigenvalue weighted by molar-refractivity contribution is 0.193. The monoisotopic (exact) mass is 140 g/mol. The van der Waals surface area contributed by atoms with Crippen molar-refractivity contribution in [1.29, 1.82) is 0 Å². The van der Waals surface area contributed by atoms with Crippen molar-refractivity contribution in [2.24, 2.45) is 0 Å². The van der Waals surface area contributed by atoms with E-state index in [1.165, 1.54) is 0 Å². The maximum atomic E-state index is 5.20. The Bertz CT molecular complexity index is 103. The molecule has 0 aromatic rings. The molecule has 0 amide bonds. The third kappa shape index (κ3) is 7.44. The molecule has 0 bridgehead atoms. The summed E-state index contributed by atoms with van der Waals surface area (Å²) in [5, 5.41) is 0. The minimum atomic E-state index is 0.727. The summed E-state index contributed by atoms with van der Waals surface area (Å²) in [7, 11) is 0. The van der Waals surface area contributed by atoms with Gasteiger partial charge in [-0.2, -0.15) is 0 Å². The van der Waals surface area contributed by atoms with Crippen molar-refractivity contribution in [2.75, 3.05) is 13.2 Å². The van der Waals surface area contributed by atoms with Gasteiger partial charge >= 0.3 is 0 Å². The maximum Gasteiger partial charge on any atom is 0.0651 e. The standard InChI is InChI=1S/C9H16O/c1-3-5-7-9-10-8-6-4-2/h4-7H,3,8-9H2,1-2H3/b6-4+,7-5+. The summed E-state index contributed by atoms with van der Waals surface area (Å²) < 4.78 is 5.20. The van der Waals surface area contributed by atoms with Crippen LogP contribution in [0.3, 0.4) is 0 Å². The quantitative estimate of drug-likeness (QED) is 0.421. The molecule has 0 spiro atoms. The molecule has 0 aromatic carbocycles. The first kappa shape index (κ1) is 9.44. The summed E-state index contributed by atoms with van der Waals surface area (Å²) >= 11 is 0. The molecule has 0 unspecified atom stereocenters. The first-order chi connectivity index (χ1) is 4.91. The van der Waals surface area contributed by atoms with Gasteiger partial charge in [-0.05, 0) is 13.3 Å². The molecular formula is C9H16O. The smallest absolute Gasteiger partial charge is 0.0651 e. The normalized spacial score (nSPS) is 11.8. The summed E-state index contributed by atoms with van der Waals surface area (Å²) in [5.74, 6) is 0. The van der Waals surface area contributed by atoms with Gasteiger partial charge in [0.2, 0.25) is 0 Å². The van der Waals surface area contributed by atoms with Crippen LogP contribution in [0.25, 0.3) is 0 Å². The molecule has 0 aromatic heterocycles. The van der Waals surface area contributed by atoms with Crippen LogP contribution in [0, 0.1) is 0 Å². The van der Waals surface area contributed by atoms with Crippen molar-refractivity contribution >= 4 is 0 Å². The van der Waals surface area contributed by atoms with Crippen LogP contribution in [0.2, 0.25) is 0 Å². The highest BCUT2D eigenvalue weighted by atomic mass is 16.5. The van der Waals surface area contributed by atoms with E-state index in [4.69, 9.17) is 4.74 Å². The van der Waals surface area contributed by atoms with Crippen molar-refractivity contribution in [3.8, 4) is 0 Å². The summed E-state index contributed by atoms with van der Waals surface area (Å²) in [6.07, 6.45) is 9.23. The molecule has 0 heterocycles. The van der Waals surface area contributed by atoms with Crippen molar-refractivity contribution in [2.45, 2.75) is 20.3 Å². The fourth-order valence-electron chi connectivity index (χ4n) is 0.535. The molecule has 0 aliphatic carbocycles. The third-order valence-electron chi connectivity index (χ3n) is 1.07. The zero-order valence-electron chi connectivity index (χ0n) is 6.84. The van der Waals surface area contributed by atoms with Crippen LogP contribution >= 0.6 is 0 Å². The van der Waals surface area contributed by atoms with Crippen molar-refractivity contribution in [3.05, 3.63) is 24.3 Å². The molecule has 58 valence electrons. The molecule has 0 saturated heterocycles. The van der Waals surface area contributed by atoms with Crippen LogP contribution in [0.4, 0.5) is 0 Å². The Morgan fingerprint density at radius 1 is 1.10 bits per heavy atom. The molecule has 0 aliphatic heterocycles. The van der Waals surface area contributed by atoms with Crippen molar-refractivity contribution in [3.63, 3.8) is 0 Å². The fraction of sp³-hybridized carbons (Fsp3) is 0.556. The van der Waals surface area contributed by atoms with Crippen LogP contribution in [0.1, 0.15) is 20.3 Å². The van der Waals surface area contributed by atoms with E-state index in [1.807, 2.05) is 25.2 Å². The maximum absolute atomic E-state index is 5.20. The van der Waals surface area contributed by atoms with E-state index in [2.05, 4.69) is 13.0 Å². The molecule has 0 fully saturated rings. The van der Waals surface area contributed by atoms with Crippen LogP contribution in [0.5, 0.6) is 0 Å². The van der Waals surface area contributed by atoms with E-state index in [-0.39, 0.29) is 0 Å². The number of hydrogen-bond acceptors (Lipinski definition) is 1. The Morgan fingerprint density at radius 3 is 2.40 bits per heavy atom. The van der Waals surface area contributed by atoms with Gasteiger partial charge in [-0.15, -0.1) is 0 Å². The summed E-state index contributed by atoms with van der Waals surface area (Å²) in [6, 6.07) is 0. The molecule has 10 heavy (non-hydrogen) atoms. The van der Waals surface area contributed by atoms with Gasteiger partial charge in [0, 0.05) is 0 Å². The Kier molecular flexibility index (Phi) is 7.97. The fourth-order valence-corrected chi connectivity index (χ4v) is 0.535. The second-order valence-corrected chi connectivity index (χ2v) is 1.99. The van der Waals surface area contributed by atoms with Gasteiger partial charge in [0.1, 0.15) is 0 Å². The molecule has 1 heteroatoms. The van der Waals surface area contributed by atoms with Gasteiger partial charge in [0.25, 0.3) is 0 Å². The van der Waals surface area contributed by atoms with Gasteiger partial charge in [0.05, 0.1) is 13.2 Å². The summed E-state index contributed by atoms with van der Waals surface area (Å²) in [6.45, 7) is 5.57. The minimum absolute atomic E-state index is 0.727. The predicted molar refractivity (Wildman–Crippen MR) is 45.1 cm³/mol. The highest BCUT2D eigenvalue weighted by Gasteiger charge is 1.75. The lowest BCUT2D eigenvalue weighted by Crippen LogP contribution is -1.89. The SMILES string of the molecule is C/C=C/COC/C=C/CC. The Balaban J connectivity index is 2.97. The summed E-state index contributed by atoms with van der Waals surface area (Å²) in [5.41, 5.74) is 0. The lowest BCUT2D eigenvalue weighted by atomic mass is 10.4. The molecule has 0 rings (SSSR count). The first-order valence-corrected chi connectivity index (χ1v) is 3.75. The number of hydrogen-bond donors (Lipinski definition) is 0. The average molecular weight is 140 g/mol. The van der Waals surface area contributed by atoms with Gasteiger partial charge in [-0.3, -0.25) is 0 Å². The Hall–Kier alpha value is -0.560. The van der Waals surface area contributed by atoms with E-state index in [0.717, 1.165) is 19.6 Å². The van der Waals surface area contributed by atoms with E-state index in [1.54, 1.807) is 0 Å². The van der Waals surface area contributed by atoms with Crippen molar-refractivity contribution < 1.29 is 4.74 Å². The molecule has 0 radical (unpaired) electrons. The van der Waals surface area contributed by atoms with Crippen LogP contribution in [-0.4, -0.2) is 13.2 Å². The molecule has 0 aliphatic rings. The van der Waals surface area contributed by atoms with E-state index in [9.17, 15) is 0 Å². The van der Waals surface area contributed by atoms with Gasteiger partial charge < -0.3 is 4.74 Å². The van der Waals surface area contributed by atoms with Crippen LogP contribution in [-0.2, 0) is 4.74 Å². The highest BCUT2D eigenvalue weighted by molar-refractivity contribution is 4.81. The van der Waals surface area contributed by atoms with Crippen LogP contribution < -0.4 is 0 Å². The zero-order valence-corrected chi connectivity index (χ0v) is 6.84. The van der Waals surface area contributed by atoms with E-state index < -0.39 is 0 Å². The average Bonchev–Trinajstić information content (AvgIpc) is 1.97. The van der Waals surface area contributed by atoms with Crippen molar-refractivity contribution in [1.82, 2.24) is 0 Å². The van der Waals surface area contributed by atoms with Gasteiger partial charge in [-0.25, -0.2) is 0 Å². The van der Waals surface area contributed by atoms with Crippen LogP contribution in [0.15, 0.2) is 24.3 Å². The molecular weight excluding hydrogens is 124 g/mol. The Labute approximate surface area is 63.4 Å². The first-order valence-electron chi connectivity index (χ1n) is 3.75. The largest absolute Gasteiger partial charge is 0.373 e. The number of rotatable bonds is 5. The predicted octanol–water partition coefficient (Wildman–Crippen LogP) is 2.55. The molecule has 1 nitrogen and oxygen atoms in total. The topological polar surface area (TPSA) is 9.23 Å². The number of ether oxygens (including phenoxy) is 1. The van der Waals surface area contributed by atoms with Gasteiger partial charge in [-0.1, -0.05) is 31.2 Å². The second-order valence-electron chi connectivity index (χ2n) is 1.99. The molecule has 0 N–H and O–H groups in total. The van der Waals surface area contributed by atoms with E-state index in [0.29, 0.717) is 0 Å². The lowest BCUT2D eigenvalue weighted by Gasteiger charge is -1.92. The Morgan fingerprint density at radius 2 is 1.80 bits per heavy atom. The summed E-state index contributed by atoms with van der Waals surface area (Å²) in [4.78, 5) is 0. The molecule has 0 saturated carbocycles. The third-order valence-corrected chi connectivity index (χ3v) is 1.07.